The van der Waals surface area contributed by atoms with E-state index in [-0.39, 0.29) is 11.9 Å². The van der Waals surface area contributed by atoms with Gasteiger partial charge in [-0.15, -0.1) is 0 Å². The highest BCUT2D eigenvalue weighted by molar-refractivity contribution is 6.01. The topological polar surface area (TPSA) is 74.8 Å². The highest BCUT2D eigenvalue weighted by Crippen LogP contribution is 2.36. The number of pyridine rings is 1. The van der Waals surface area contributed by atoms with Crippen LogP contribution in [-0.2, 0) is 11.3 Å². The summed E-state index contributed by atoms with van der Waals surface area (Å²) in [4.78, 5) is 32.9. The van der Waals surface area contributed by atoms with Crippen molar-refractivity contribution in [2.24, 2.45) is 0 Å². The van der Waals surface area contributed by atoms with E-state index in [1.807, 2.05) is 36.4 Å². The summed E-state index contributed by atoms with van der Waals surface area (Å²) in [5.41, 5.74) is 3.17. The molecule has 1 aromatic heterocycles. The molecule has 0 radical (unpaired) electrons. The lowest BCUT2D eigenvalue weighted by atomic mass is 9.95. The molecule has 0 saturated heterocycles. The minimum absolute atomic E-state index is 0.0681. The Hall–Kier alpha value is -3.35. The molecule has 3 amide bonds. The van der Waals surface area contributed by atoms with Crippen LogP contribution in [0, 0.1) is 0 Å². The quantitative estimate of drug-likeness (QED) is 0.901. The number of nitrogens with zero attached hydrogens (tertiary/aromatic N) is 3. The van der Waals surface area contributed by atoms with Gasteiger partial charge in [0, 0.05) is 26.0 Å². The van der Waals surface area contributed by atoms with Crippen LogP contribution in [-0.4, -0.2) is 47.4 Å². The predicted molar refractivity (Wildman–Crippen MR) is 98.7 cm³/mol. The molecule has 27 heavy (non-hydrogen) atoms. The molecule has 0 unspecified atom stereocenters. The van der Waals surface area contributed by atoms with E-state index in [2.05, 4.69) is 10.3 Å². The zero-order valence-electron chi connectivity index (χ0n) is 15.2. The first-order valence-corrected chi connectivity index (χ1v) is 8.68. The maximum Gasteiger partial charge on any atom is 0.322 e. The van der Waals surface area contributed by atoms with Crippen LogP contribution in [0.2, 0.25) is 0 Å². The predicted octanol–water partition coefficient (Wildman–Crippen LogP) is 2.08. The van der Waals surface area contributed by atoms with E-state index < -0.39 is 6.04 Å². The second-order valence-corrected chi connectivity index (χ2v) is 6.60. The fourth-order valence-electron chi connectivity index (χ4n) is 3.53. The van der Waals surface area contributed by atoms with E-state index in [0.29, 0.717) is 24.4 Å². The highest BCUT2D eigenvalue weighted by atomic mass is 16.5. The summed E-state index contributed by atoms with van der Waals surface area (Å²) in [6.45, 7) is 0.877. The van der Waals surface area contributed by atoms with Gasteiger partial charge in [-0.2, -0.15) is 0 Å². The Bertz CT molecular complexity index is 926. The largest absolute Gasteiger partial charge is 0.497 e. The molecule has 1 atom stereocenters. The number of urea groups is 1. The van der Waals surface area contributed by atoms with Crippen molar-refractivity contribution in [2.45, 2.75) is 12.6 Å². The maximum atomic E-state index is 13.2. The number of hydrogen-bond acceptors (Lipinski definition) is 4. The molecular weight excluding hydrogens is 344 g/mol. The first kappa shape index (κ1) is 17.1. The van der Waals surface area contributed by atoms with Gasteiger partial charge in [-0.05, 0) is 35.4 Å². The van der Waals surface area contributed by atoms with Crippen LogP contribution in [0.25, 0.3) is 0 Å². The van der Waals surface area contributed by atoms with Crippen LogP contribution < -0.4 is 10.1 Å². The third kappa shape index (κ3) is 3.01. The second-order valence-electron chi connectivity index (χ2n) is 6.60. The molecule has 0 saturated carbocycles. The summed E-state index contributed by atoms with van der Waals surface area (Å²) in [5.74, 6) is 0.614. The van der Waals surface area contributed by atoms with E-state index in [9.17, 15) is 9.59 Å². The Morgan fingerprint density at radius 1 is 1.22 bits per heavy atom. The van der Waals surface area contributed by atoms with E-state index in [1.54, 1.807) is 31.5 Å². The molecule has 1 aromatic carbocycles. The molecule has 0 fully saturated rings. The summed E-state index contributed by atoms with van der Waals surface area (Å²) < 4.78 is 5.29. The van der Waals surface area contributed by atoms with Crippen molar-refractivity contribution in [1.29, 1.82) is 0 Å². The van der Waals surface area contributed by atoms with Gasteiger partial charge < -0.3 is 15.0 Å². The molecule has 0 aliphatic carbocycles. The van der Waals surface area contributed by atoms with Crippen molar-refractivity contribution < 1.29 is 14.3 Å². The molecule has 4 rings (SSSR count). The van der Waals surface area contributed by atoms with Crippen LogP contribution in [0.15, 0.2) is 60.1 Å². The van der Waals surface area contributed by atoms with Gasteiger partial charge in [-0.1, -0.05) is 12.1 Å². The van der Waals surface area contributed by atoms with Crippen molar-refractivity contribution in [3.63, 3.8) is 0 Å². The lowest BCUT2D eigenvalue weighted by Crippen LogP contribution is -2.45. The van der Waals surface area contributed by atoms with Crippen molar-refractivity contribution in [2.75, 3.05) is 20.7 Å². The molecule has 2 aliphatic rings. The summed E-state index contributed by atoms with van der Waals surface area (Å²) in [5, 5.41) is 2.94. The summed E-state index contributed by atoms with van der Waals surface area (Å²) >= 11 is 0. The van der Waals surface area contributed by atoms with Crippen LogP contribution in [0.3, 0.4) is 0 Å². The lowest BCUT2D eigenvalue weighted by molar-refractivity contribution is -0.126. The van der Waals surface area contributed by atoms with Gasteiger partial charge in [0.05, 0.1) is 31.0 Å². The van der Waals surface area contributed by atoms with E-state index in [0.717, 1.165) is 16.8 Å². The van der Waals surface area contributed by atoms with Crippen LogP contribution in [0.4, 0.5) is 4.79 Å². The number of benzene rings is 1. The fraction of sp³-hybridized carbons (Fsp3) is 0.250. The van der Waals surface area contributed by atoms with E-state index in [4.69, 9.17) is 4.74 Å². The fourth-order valence-corrected chi connectivity index (χ4v) is 3.53. The number of nitrogens with one attached hydrogen (secondary N) is 1. The average molecular weight is 364 g/mol. The number of hydrogen-bond donors (Lipinski definition) is 1. The number of aromatic nitrogens is 1. The standard InChI is InChI=1S/C20H20N4O3/c1-23-16-12-24(11-13-6-8-21-9-7-13)19(25)17(16)18(22-20(23)26)14-4-3-5-15(10-14)27-2/h3-10,18H,11-12H2,1-2H3,(H,22,26)/t18-/m1/s1. The smallest absolute Gasteiger partial charge is 0.322 e. The number of carbonyl (C=O) groups is 2. The summed E-state index contributed by atoms with van der Waals surface area (Å²) in [6, 6.07) is 10.5. The van der Waals surface area contributed by atoms with Crippen molar-refractivity contribution >= 4 is 11.9 Å². The molecule has 1 N–H and O–H groups in total. The second kappa shape index (κ2) is 6.75. The third-order valence-corrected chi connectivity index (χ3v) is 4.99. The van der Waals surface area contributed by atoms with Crippen molar-refractivity contribution in [3.05, 3.63) is 71.2 Å². The molecule has 0 bridgehead atoms. The Labute approximate surface area is 157 Å². The van der Waals surface area contributed by atoms with E-state index >= 15 is 0 Å². The monoisotopic (exact) mass is 364 g/mol. The first-order valence-electron chi connectivity index (χ1n) is 8.68. The van der Waals surface area contributed by atoms with Crippen LogP contribution >= 0.6 is 0 Å². The minimum atomic E-state index is -0.492. The Balaban J connectivity index is 1.68. The Morgan fingerprint density at radius 3 is 2.74 bits per heavy atom. The van der Waals surface area contributed by atoms with Gasteiger partial charge in [0.2, 0.25) is 0 Å². The number of methoxy groups -OCH3 is 1. The highest BCUT2D eigenvalue weighted by Gasteiger charge is 2.42. The minimum Gasteiger partial charge on any atom is -0.497 e. The van der Waals surface area contributed by atoms with Gasteiger partial charge in [-0.3, -0.25) is 14.7 Å². The number of likely N-dealkylation sites (N-methyl/N-ethyl adjacent to an activating group) is 1. The van der Waals surface area contributed by atoms with E-state index in [1.165, 1.54) is 4.90 Å². The molecule has 2 aliphatic heterocycles. The number of rotatable bonds is 4. The van der Waals surface area contributed by atoms with Crippen LogP contribution in [0.1, 0.15) is 17.2 Å². The van der Waals surface area contributed by atoms with Gasteiger partial charge in [-0.25, -0.2) is 4.79 Å². The molecular formula is C20H20N4O3. The van der Waals surface area contributed by atoms with Gasteiger partial charge in [0.25, 0.3) is 5.91 Å². The van der Waals surface area contributed by atoms with Gasteiger partial charge in [0.15, 0.2) is 0 Å². The molecule has 7 heteroatoms. The Morgan fingerprint density at radius 2 is 2.00 bits per heavy atom. The molecule has 7 nitrogen and oxygen atoms in total. The zero-order valence-corrected chi connectivity index (χ0v) is 15.2. The van der Waals surface area contributed by atoms with Crippen molar-refractivity contribution in [3.8, 4) is 5.75 Å². The lowest BCUT2D eigenvalue weighted by Gasteiger charge is -2.31. The third-order valence-electron chi connectivity index (χ3n) is 4.99. The van der Waals surface area contributed by atoms with Crippen LogP contribution in [0.5, 0.6) is 5.75 Å². The number of amides is 3. The number of carbonyl (C=O) groups excluding carboxylic acids is 2. The van der Waals surface area contributed by atoms with Crippen molar-refractivity contribution in [1.82, 2.24) is 20.1 Å². The molecule has 138 valence electrons. The SMILES string of the molecule is COc1cccc([C@H]2NC(=O)N(C)C3=C2C(=O)N(Cc2ccncc2)C3)c1. The summed E-state index contributed by atoms with van der Waals surface area (Å²) in [7, 11) is 3.28. The Kier molecular flexibility index (Phi) is 4.27. The molecule has 0 spiro atoms. The first-order chi connectivity index (χ1) is 13.1. The zero-order chi connectivity index (χ0) is 19.0. The number of ether oxygens (including phenoxy) is 1. The molecule has 2 aromatic rings. The normalized spacial score (nSPS) is 19.3. The maximum absolute atomic E-state index is 13.2. The average Bonchev–Trinajstić information content (AvgIpc) is 3.02. The summed E-state index contributed by atoms with van der Waals surface area (Å²) in [6.07, 6.45) is 3.42. The van der Waals surface area contributed by atoms with Gasteiger partial charge >= 0.3 is 6.03 Å². The van der Waals surface area contributed by atoms with Gasteiger partial charge in [0.1, 0.15) is 5.75 Å². The molecule has 3 heterocycles.